The fourth-order valence-corrected chi connectivity index (χ4v) is 3.15. The third-order valence-electron chi connectivity index (χ3n) is 4.49. The number of aromatic nitrogens is 3. The van der Waals surface area contributed by atoms with Crippen LogP contribution in [0.1, 0.15) is 41.1 Å². The van der Waals surface area contributed by atoms with Crippen molar-refractivity contribution in [3.63, 3.8) is 0 Å². The quantitative estimate of drug-likeness (QED) is 0.857. The minimum atomic E-state index is 0.113. The molecule has 6 nitrogen and oxygen atoms in total. The van der Waals surface area contributed by atoms with E-state index in [1.54, 1.807) is 6.20 Å². The van der Waals surface area contributed by atoms with E-state index in [1.807, 2.05) is 33.8 Å². The largest absolute Gasteiger partial charge is 0.473 e. The van der Waals surface area contributed by atoms with Gasteiger partial charge in [0.25, 0.3) is 0 Å². The van der Waals surface area contributed by atoms with Crippen molar-refractivity contribution >= 4 is 5.82 Å². The summed E-state index contributed by atoms with van der Waals surface area (Å²) < 4.78 is 6.07. The lowest BCUT2D eigenvalue weighted by Crippen LogP contribution is -2.39. The molecule has 0 spiro atoms. The highest BCUT2D eigenvalue weighted by Crippen LogP contribution is 2.26. The van der Waals surface area contributed by atoms with E-state index in [0.29, 0.717) is 11.4 Å². The van der Waals surface area contributed by atoms with Crippen LogP contribution in [0.4, 0.5) is 5.82 Å². The van der Waals surface area contributed by atoms with Crippen molar-refractivity contribution in [1.29, 1.82) is 5.26 Å². The molecule has 1 aliphatic heterocycles. The summed E-state index contributed by atoms with van der Waals surface area (Å²) >= 11 is 0. The Balaban J connectivity index is 1.70. The highest BCUT2D eigenvalue weighted by atomic mass is 16.5. The first-order chi connectivity index (χ1) is 12.0. The number of anilines is 1. The second-order valence-corrected chi connectivity index (χ2v) is 6.60. The van der Waals surface area contributed by atoms with Gasteiger partial charge in [0.15, 0.2) is 0 Å². The van der Waals surface area contributed by atoms with Crippen LogP contribution in [0.5, 0.6) is 5.88 Å². The summed E-state index contributed by atoms with van der Waals surface area (Å²) in [5.74, 6) is 1.42. The summed E-state index contributed by atoms with van der Waals surface area (Å²) in [5, 5.41) is 9.47. The van der Waals surface area contributed by atoms with Crippen LogP contribution in [0, 0.1) is 39.0 Å². The Bertz CT molecular complexity index is 819. The highest BCUT2D eigenvalue weighted by Gasteiger charge is 2.25. The first-order valence-corrected chi connectivity index (χ1v) is 8.58. The van der Waals surface area contributed by atoms with E-state index in [9.17, 15) is 5.26 Å². The van der Waals surface area contributed by atoms with Crippen molar-refractivity contribution in [3.05, 3.63) is 40.5 Å². The number of rotatable bonds is 3. The Labute approximate surface area is 148 Å². The van der Waals surface area contributed by atoms with E-state index in [0.717, 1.165) is 54.4 Å². The summed E-state index contributed by atoms with van der Waals surface area (Å²) in [5.41, 5.74) is 4.27. The molecule has 0 atom stereocenters. The Hall–Kier alpha value is -2.68. The van der Waals surface area contributed by atoms with Crippen LogP contribution >= 0.6 is 0 Å². The molecule has 0 aliphatic carbocycles. The molecule has 3 heterocycles. The molecule has 130 valence electrons. The fraction of sp³-hybridized carbons (Fsp3) is 0.474. The van der Waals surface area contributed by atoms with Crippen LogP contribution in [0.2, 0.25) is 0 Å². The van der Waals surface area contributed by atoms with Gasteiger partial charge in [0.2, 0.25) is 5.88 Å². The van der Waals surface area contributed by atoms with Gasteiger partial charge in [-0.25, -0.2) is 9.97 Å². The van der Waals surface area contributed by atoms with Gasteiger partial charge in [-0.15, -0.1) is 0 Å². The number of piperidine rings is 1. The van der Waals surface area contributed by atoms with Crippen LogP contribution < -0.4 is 9.64 Å². The van der Waals surface area contributed by atoms with E-state index in [1.165, 1.54) is 0 Å². The summed E-state index contributed by atoms with van der Waals surface area (Å²) in [6.07, 6.45) is 3.60. The number of pyridine rings is 1. The van der Waals surface area contributed by atoms with Crippen molar-refractivity contribution in [3.8, 4) is 11.9 Å². The molecule has 2 aromatic heterocycles. The molecule has 0 saturated carbocycles. The predicted molar refractivity (Wildman–Crippen MR) is 95.8 cm³/mol. The maximum atomic E-state index is 9.47. The first kappa shape index (κ1) is 17.2. The maximum Gasteiger partial charge on any atom is 0.235 e. The molecule has 0 bridgehead atoms. The lowest BCUT2D eigenvalue weighted by Gasteiger charge is -2.33. The second kappa shape index (κ2) is 7.06. The van der Waals surface area contributed by atoms with Gasteiger partial charge in [-0.3, -0.25) is 4.98 Å². The average molecular weight is 337 g/mol. The molecular weight excluding hydrogens is 314 g/mol. The zero-order valence-corrected chi connectivity index (χ0v) is 15.2. The van der Waals surface area contributed by atoms with E-state index >= 15 is 0 Å². The minimum absolute atomic E-state index is 0.113. The van der Waals surface area contributed by atoms with E-state index in [2.05, 4.69) is 25.9 Å². The number of aryl methyl sites for hydroxylation is 4. The number of hydrogen-bond acceptors (Lipinski definition) is 6. The third-order valence-corrected chi connectivity index (χ3v) is 4.49. The Morgan fingerprint density at radius 1 is 1.12 bits per heavy atom. The van der Waals surface area contributed by atoms with Gasteiger partial charge in [-0.2, -0.15) is 5.26 Å². The second-order valence-electron chi connectivity index (χ2n) is 6.60. The number of nitriles is 1. The Morgan fingerprint density at radius 2 is 1.84 bits per heavy atom. The fourth-order valence-electron chi connectivity index (χ4n) is 3.15. The minimum Gasteiger partial charge on any atom is -0.473 e. The van der Waals surface area contributed by atoms with Crippen LogP contribution in [-0.4, -0.2) is 34.1 Å². The maximum absolute atomic E-state index is 9.47. The van der Waals surface area contributed by atoms with Crippen LogP contribution in [0.25, 0.3) is 0 Å². The highest BCUT2D eigenvalue weighted by molar-refractivity contribution is 5.58. The van der Waals surface area contributed by atoms with Crippen LogP contribution in [0.15, 0.2) is 12.3 Å². The molecule has 2 aromatic rings. The molecule has 0 aromatic carbocycles. The number of hydrogen-bond donors (Lipinski definition) is 0. The van der Waals surface area contributed by atoms with Gasteiger partial charge in [0.05, 0.1) is 17.0 Å². The molecule has 1 saturated heterocycles. The molecule has 1 aliphatic rings. The summed E-state index contributed by atoms with van der Waals surface area (Å²) in [7, 11) is 0. The predicted octanol–water partition coefficient (Wildman–Crippen LogP) is 3.02. The molecule has 1 fully saturated rings. The smallest absolute Gasteiger partial charge is 0.235 e. The molecule has 6 heteroatoms. The van der Waals surface area contributed by atoms with Crippen molar-refractivity contribution < 1.29 is 4.74 Å². The molecule has 0 unspecified atom stereocenters. The van der Waals surface area contributed by atoms with E-state index < -0.39 is 0 Å². The van der Waals surface area contributed by atoms with E-state index in [-0.39, 0.29) is 6.10 Å². The van der Waals surface area contributed by atoms with Crippen molar-refractivity contribution in [2.24, 2.45) is 0 Å². The summed E-state index contributed by atoms with van der Waals surface area (Å²) in [4.78, 5) is 15.5. The zero-order chi connectivity index (χ0) is 18.0. The van der Waals surface area contributed by atoms with Gasteiger partial charge in [-0.1, -0.05) is 0 Å². The molecular formula is C19H23N5O. The van der Waals surface area contributed by atoms with Crippen molar-refractivity contribution in [2.75, 3.05) is 18.0 Å². The van der Waals surface area contributed by atoms with Gasteiger partial charge in [0.1, 0.15) is 18.0 Å². The average Bonchev–Trinajstić information content (AvgIpc) is 2.58. The van der Waals surface area contributed by atoms with Gasteiger partial charge < -0.3 is 9.64 Å². The van der Waals surface area contributed by atoms with E-state index in [4.69, 9.17) is 4.74 Å². The van der Waals surface area contributed by atoms with Crippen molar-refractivity contribution in [2.45, 2.75) is 46.6 Å². The van der Waals surface area contributed by atoms with Crippen LogP contribution in [-0.2, 0) is 0 Å². The van der Waals surface area contributed by atoms with Gasteiger partial charge in [-0.05, 0) is 39.3 Å². The zero-order valence-electron chi connectivity index (χ0n) is 15.2. The molecule has 0 N–H and O–H groups in total. The lowest BCUT2D eigenvalue weighted by molar-refractivity contribution is 0.161. The Kier molecular flexibility index (Phi) is 4.84. The van der Waals surface area contributed by atoms with Crippen LogP contribution in [0.3, 0.4) is 0 Å². The monoisotopic (exact) mass is 337 g/mol. The standard InChI is InChI=1S/C19H23N5O/c1-12-9-13(2)22-18(17(12)10-20)24-7-5-16(6-8-24)25-19-15(4)21-11-14(3)23-19/h9,11,16H,5-8H2,1-4H3. The number of nitrogens with zero attached hydrogens (tertiary/aromatic N) is 5. The summed E-state index contributed by atoms with van der Waals surface area (Å²) in [6, 6.07) is 4.25. The lowest BCUT2D eigenvalue weighted by atomic mass is 10.1. The summed E-state index contributed by atoms with van der Waals surface area (Å²) in [6.45, 7) is 9.38. The Morgan fingerprint density at radius 3 is 2.52 bits per heavy atom. The topological polar surface area (TPSA) is 74.9 Å². The van der Waals surface area contributed by atoms with Gasteiger partial charge >= 0.3 is 0 Å². The molecule has 3 rings (SSSR count). The first-order valence-electron chi connectivity index (χ1n) is 8.58. The van der Waals surface area contributed by atoms with Crippen molar-refractivity contribution in [1.82, 2.24) is 15.0 Å². The molecule has 0 radical (unpaired) electrons. The SMILES string of the molecule is Cc1cnc(C)c(OC2CCN(c3nc(C)cc(C)c3C#N)CC2)n1. The van der Waals surface area contributed by atoms with Gasteiger partial charge in [0, 0.05) is 37.8 Å². The molecule has 25 heavy (non-hydrogen) atoms. The third kappa shape index (κ3) is 3.71. The molecule has 0 amide bonds. The normalized spacial score (nSPS) is 15.1. The number of ether oxygens (including phenoxy) is 1.